The molecule has 39 heavy (non-hydrogen) atoms. The molecule has 0 unspecified atom stereocenters. The summed E-state index contributed by atoms with van der Waals surface area (Å²) >= 11 is 0. The third-order valence-electron chi connectivity index (χ3n) is 6.12. The predicted molar refractivity (Wildman–Crippen MR) is 142 cm³/mol. The molecule has 0 spiro atoms. The minimum absolute atomic E-state index is 0.163. The lowest BCUT2D eigenvalue weighted by Gasteiger charge is -2.35. The van der Waals surface area contributed by atoms with E-state index in [1.165, 1.54) is 6.07 Å². The van der Waals surface area contributed by atoms with Gasteiger partial charge >= 0.3 is 12.1 Å². The number of aromatic nitrogens is 2. The van der Waals surface area contributed by atoms with Crippen LogP contribution in [0.2, 0.25) is 0 Å². The van der Waals surface area contributed by atoms with Crippen molar-refractivity contribution >= 4 is 29.4 Å². The van der Waals surface area contributed by atoms with Crippen molar-refractivity contribution in [1.29, 1.82) is 0 Å². The standard InChI is InChI=1S/C28H33N5O6/c1-5-38-26(36)21-17-23(25(35)31-12-14-32(15-13-31)27(37)39-28(2,3)4)33-11-9-19(16-22(21)33)24(34)30-18-20-8-6-7-10-29-20/h6-11,16-17H,5,12-15,18H2,1-4H3,(H,30,34). The van der Waals surface area contributed by atoms with Crippen molar-refractivity contribution in [3.63, 3.8) is 0 Å². The van der Waals surface area contributed by atoms with Crippen molar-refractivity contribution in [2.45, 2.75) is 39.8 Å². The second-order valence-electron chi connectivity index (χ2n) is 10.1. The second-order valence-corrected chi connectivity index (χ2v) is 10.1. The minimum atomic E-state index is -0.605. The number of hydrogen-bond acceptors (Lipinski definition) is 7. The highest BCUT2D eigenvalue weighted by molar-refractivity contribution is 6.05. The van der Waals surface area contributed by atoms with Crippen LogP contribution in [0.3, 0.4) is 0 Å². The first-order chi connectivity index (χ1) is 18.6. The Morgan fingerprint density at radius 1 is 1.00 bits per heavy atom. The van der Waals surface area contributed by atoms with Crippen LogP contribution in [-0.2, 0) is 16.0 Å². The van der Waals surface area contributed by atoms with E-state index in [1.54, 1.807) is 78.6 Å². The fourth-order valence-electron chi connectivity index (χ4n) is 4.23. The monoisotopic (exact) mass is 535 g/mol. The number of ether oxygens (including phenoxy) is 2. The molecule has 3 aromatic rings. The first-order valence-electron chi connectivity index (χ1n) is 12.8. The summed E-state index contributed by atoms with van der Waals surface area (Å²) in [5.41, 5.74) is 1.27. The Morgan fingerprint density at radius 2 is 1.72 bits per heavy atom. The number of carbonyl (C=O) groups excluding carboxylic acids is 4. The molecule has 206 valence electrons. The van der Waals surface area contributed by atoms with E-state index in [-0.39, 0.29) is 36.2 Å². The van der Waals surface area contributed by atoms with Gasteiger partial charge < -0.3 is 29.0 Å². The fraction of sp³-hybridized carbons (Fsp3) is 0.393. The van der Waals surface area contributed by atoms with E-state index < -0.39 is 17.7 Å². The number of pyridine rings is 2. The molecular weight excluding hydrogens is 502 g/mol. The zero-order chi connectivity index (χ0) is 28.2. The van der Waals surface area contributed by atoms with Gasteiger partial charge in [-0.25, -0.2) is 9.59 Å². The largest absolute Gasteiger partial charge is 0.462 e. The van der Waals surface area contributed by atoms with Gasteiger partial charge in [0.25, 0.3) is 11.8 Å². The number of carbonyl (C=O) groups is 4. The maximum Gasteiger partial charge on any atom is 0.410 e. The van der Waals surface area contributed by atoms with Gasteiger partial charge in [-0.1, -0.05) is 6.07 Å². The SMILES string of the molecule is CCOC(=O)c1cc(C(=O)N2CCN(C(=O)OC(C)(C)C)CC2)n2ccc(C(=O)NCc3ccccn3)cc12. The molecule has 0 radical (unpaired) electrons. The number of esters is 1. The summed E-state index contributed by atoms with van der Waals surface area (Å²) in [4.78, 5) is 58.9. The van der Waals surface area contributed by atoms with Gasteiger partial charge in [0.1, 0.15) is 11.3 Å². The fourth-order valence-corrected chi connectivity index (χ4v) is 4.23. The molecule has 11 nitrogen and oxygen atoms in total. The zero-order valence-corrected chi connectivity index (χ0v) is 22.6. The molecule has 1 aliphatic heterocycles. The highest BCUT2D eigenvalue weighted by Crippen LogP contribution is 2.22. The van der Waals surface area contributed by atoms with Crippen LogP contribution in [-0.4, -0.2) is 81.4 Å². The molecule has 1 N–H and O–H groups in total. The second kappa shape index (κ2) is 11.5. The van der Waals surface area contributed by atoms with Crippen molar-refractivity contribution in [2.24, 2.45) is 0 Å². The molecule has 0 aromatic carbocycles. The number of nitrogens with zero attached hydrogens (tertiary/aromatic N) is 4. The maximum atomic E-state index is 13.5. The lowest BCUT2D eigenvalue weighted by atomic mass is 10.2. The van der Waals surface area contributed by atoms with E-state index in [4.69, 9.17) is 9.47 Å². The van der Waals surface area contributed by atoms with Crippen molar-refractivity contribution in [3.8, 4) is 0 Å². The van der Waals surface area contributed by atoms with E-state index >= 15 is 0 Å². The van der Waals surface area contributed by atoms with Gasteiger partial charge in [-0.15, -0.1) is 0 Å². The van der Waals surface area contributed by atoms with Gasteiger partial charge in [0.05, 0.1) is 29.9 Å². The van der Waals surface area contributed by atoms with Gasteiger partial charge in [0.2, 0.25) is 0 Å². The Bertz CT molecular complexity index is 1370. The van der Waals surface area contributed by atoms with E-state index in [0.29, 0.717) is 43.0 Å². The van der Waals surface area contributed by atoms with Gasteiger partial charge in [0.15, 0.2) is 0 Å². The van der Waals surface area contributed by atoms with Crippen molar-refractivity contribution in [1.82, 2.24) is 24.5 Å². The Labute approximate surface area is 226 Å². The Balaban J connectivity index is 1.54. The third-order valence-corrected chi connectivity index (χ3v) is 6.12. The first-order valence-corrected chi connectivity index (χ1v) is 12.8. The Hall–Kier alpha value is -4.41. The zero-order valence-electron chi connectivity index (χ0n) is 22.6. The van der Waals surface area contributed by atoms with Crippen LogP contribution in [0.15, 0.2) is 48.8 Å². The van der Waals surface area contributed by atoms with Gasteiger partial charge in [-0.3, -0.25) is 14.6 Å². The number of nitrogens with one attached hydrogen (secondary N) is 1. The molecule has 0 aliphatic carbocycles. The highest BCUT2D eigenvalue weighted by atomic mass is 16.6. The Kier molecular flexibility index (Phi) is 8.18. The molecule has 0 saturated carbocycles. The molecule has 0 bridgehead atoms. The topological polar surface area (TPSA) is 123 Å². The molecule has 1 aliphatic rings. The third kappa shape index (κ3) is 6.54. The molecule has 0 atom stereocenters. The number of rotatable bonds is 6. The van der Waals surface area contributed by atoms with E-state index in [9.17, 15) is 19.2 Å². The molecular formula is C28H33N5O6. The molecule has 11 heteroatoms. The molecule has 3 aromatic heterocycles. The molecule has 4 heterocycles. The van der Waals surface area contributed by atoms with E-state index in [2.05, 4.69) is 10.3 Å². The summed E-state index contributed by atoms with van der Waals surface area (Å²) in [6, 6.07) is 10.1. The van der Waals surface area contributed by atoms with Crippen LogP contribution < -0.4 is 5.32 Å². The number of fused-ring (bicyclic) bond motifs is 1. The van der Waals surface area contributed by atoms with Crippen LogP contribution in [0, 0.1) is 0 Å². The number of hydrogen-bond donors (Lipinski definition) is 1. The average Bonchev–Trinajstić information content (AvgIpc) is 3.30. The molecule has 3 amide bonds. The number of amides is 3. The minimum Gasteiger partial charge on any atom is -0.462 e. The quantitative estimate of drug-likeness (QED) is 0.481. The average molecular weight is 536 g/mol. The molecule has 1 fully saturated rings. The maximum absolute atomic E-state index is 13.5. The summed E-state index contributed by atoms with van der Waals surface area (Å²) in [6.45, 7) is 8.80. The summed E-state index contributed by atoms with van der Waals surface area (Å²) in [5, 5.41) is 2.82. The molecule has 1 saturated heterocycles. The van der Waals surface area contributed by atoms with Crippen LogP contribution >= 0.6 is 0 Å². The smallest absolute Gasteiger partial charge is 0.410 e. The normalized spacial score (nSPS) is 13.7. The van der Waals surface area contributed by atoms with Gasteiger partial charge in [0, 0.05) is 44.1 Å². The van der Waals surface area contributed by atoms with E-state index in [0.717, 1.165) is 0 Å². The van der Waals surface area contributed by atoms with Crippen molar-refractivity contribution in [3.05, 3.63) is 71.3 Å². The van der Waals surface area contributed by atoms with E-state index in [1.807, 2.05) is 6.07 Å². The lowest BCUT2D eigenvalue weighted by molar-refractivity contribution is 0.0140. The van der Waals surface area contributed by atoms with Gasteiger partial charge in [-0.05, 0) is 58.0 Å². The van der Waals surface area contributed by atoms with Gasteiger partial charge in [-0.2, -0.15) is 0 Å². The van der Waals surface area contributed by atoms with Crippen molar-refractivity contribution < 1.29 is 28.7 Å². The molecule has 4 rings (SSSR count). The summed E-state index contributed by atoms with van der Waals surface area (Å²) in [7, 11) is 0. The van der Waals surface area contributed by atoms with Crippen LogP contribution in [0.5, 0.6) is 0 Å². The van der Waals surface area contributed by atoms with Crippen LogP contribution in [0.4, 0.5) is 4.79 Å². The van der Waals surface area contributed by atoms with Crippen LogP contribution in [0.25, 0.3) is 5.52 Å². The highest BCUT2D eigenvalue weighted by Gasteiger charge is 2.30. The van der Waals surface area contributed by atoms with Crippen LogP contribution in [0.1, 0.15) is 64.6 Å². The number of piperazine rings is 1. The van der Waals surface area contributed by atoms with Crippen molar-refractivity contribution in [2.75, 3.05) is 32.8 Å². The predicted octanol–water partition coefficient (Wildman–Crippen LogP) is 3.13. The summed E-state index contributed by atoms with van der Waals surface area (Å²) in [6.07, 6.45) is 2.83. The lowest BCUT2D eigenvalue weighted by Crippen LogP contribution is -2.51. The summed E-state index contributed by atoms with van der Waals surface area (Å²) < 4.78 is 12.2. The summed E-state index contributed by atoms with van der Waals surface area (Å²) in [5.74, 6) is -1.23. The Morgan fingerprint density at radius 3 is 2.36 bits per heavy atom. The first kappa shape index (κ1) is 27.6.